The van der Waals surface area contributed by atoms with E-state index in [1.807, 2.05) is 0 Å². The maximum Gasteiger partial charge on any atom is 0.215 e. The number of ether oxygens (including phenoxy) is 1. The van der Waals surface area contributed by atoms with Crippen LogP contribution in [0.4, 0.5) is 5.82 Å². The van der Waals surface area contributed by atoms with Gasteiger partial charge in [-0.25, -0.2) is 0 Å². The number of aldehydes is 1. The van der Waals surface area contributed by atoms with Crippen LogP contribution in [0.1, 0.15) is 11.1 Å². The molecule has 0 saturated carbocycles. The highest BCUT2D eigenvalue weighted by Crippen LogP contribution is 2.23. The lowest BCUT2D eigenvalue weighted by molar-refractivity contribution is -0.109. The molecule has 0 spiro atoms. The van der Waals surface area contributed by atoms with Crippen molar-refractivity contribution in [2.45, 2.75) is 6.92 Å². The molecule has 86 valence electrons. The van der Waals surface area contributed by atoms with Gasteiger partial charge in [-0.3, -0.25) is 10.2 Å². The van der Waals surface area contributed by atoms with Crippen LogP contribution in [-0.2, 0) is 4.79 Å². The van der Waals surface area contributed by atoms with Gasteiger partial charge in [-0.05, 0) is 12.5 Å². The monoisotopic (exact) mass is 241 g/mol. The van der Waals surface area contributed by atoms with E-state index in [0.717, 1.165) is 5.56 Å². The fourth-order valence-corrected chi connectivity index (χ4v) is 1.53. The van der Waals surface area contributed by atoms with Crippen molar-refractivity contribution in [1.29, 1.82) is 5.41 Å². The first-order valence-corrected chi connectivity index (χ1v) is 4.98. The topological polar surface area (TPSA) is 75.1 Å². The summed E-state index contributed by atoms with van der Waals surface area (Å²) < 4.78 is 5.08. The van der Waals surface area contributed by atoms with E-state index in [9.17, 15) is 4.79 Å². The van der Waals surface area contributed by atoms with Crippen molar-refractivity contribution in [2.75, 3.05) is 19.0 Å². The molecule has 1 heterocycles. The summed E-state index contributed by atoms with van der Waals surface area (Å²) in [5.74, 6) is 0.788. The van der Waals surface area contributed by atoms with Crippen LogP contribution in [0.25, 0.3) is 0 Å². The zero-order chi connectivity index (χ0) is 12.1. The van der Waals surface area contributed by atoms with E-state index in [4.69, 9.17) is 21.7 Å². The largest absolute Gasteiger partial charge is 0.470 e. The minimum Gasteiger partial charge on any atom is -0.470 e. The lowest BCUT2D eigenvalue weighted by Crippen LogP contribution is -2.07. The van der Waals surface area contributed by atoms with Gasteiger partial charge in [-0.15, -0.1) is 0 Å². The number of rotatable bonds is 5. The minimum absolute atomic E-state index is 0.0484. The molecule has 5 nitrogen and oxygen atoms in total. The van der Waals surface area contributed by atoms with Crippen molar-refractivity contribution in [3.05, 3.63) is 17.2 Å². The van der Waals surface area contributed by atoms with E-state index in [2.05, 4.69) is 10.3 Å². The van der Waals surface area contributed by atoms with Crippen molar-refractivity contribution >= 4 is 28.9 Å². The van der Waals surface area contributed by atoms with Crippen molar-refractivity contribution in [3.8, 4) is 5.88 Å². The van der Waals surface area contributed by atoms with Gasteiger partial charge in [0, 0.05) is 13.1 Å². The maximum atomic E-state index is 10.2. The molecule has 1 rings (SSSR count). The summed E-state index contributed by atoms with van der Waals surface area (Å²) in [5, 5.41) is 10.2. The summed E-state index contributed by atoms with van der Waals surface area (Å²) in [5.41, 5.74) is 1.29. The summed E-state index contributed by atoms with van der Waals surface area (Å²) >= 11 is 5.66. The van der Waals surface area contributed by atoms with Crippen LogP contribution in [0.3, 0.4) is 0 Å². The van der Waals surface area contributed by atoms with Crippen LogP contribution in [0.15, 0.2) is 6.07 Å². The number of hydrogen-bond acceptors (Lipinski definition) is 5. The van der Waals surface area contributed by atoms with Crippen LogP contribution in [0.2, 0.25) is 0 Å². The van der Waals surface area contributed by atoms with Crippen molar-refractivity contribution in [2.24, 2.45) is 0 Å². The molecule has 0 aliphatic rings. The minimum atomic E-state index is -0.0868. The molecule has 1 aromatic heterocycles. The fraction of sp³-hybridized carbons (Fsp3) is 0.300. The Balaban J connectivity index is 3.15. The molecule has 0 aliphatic carbocycles. The number of halogens is 1. The van der Waals surface area contributed by atoms with E-state index < -0.39 is 0 Å². The van der Waals surface area contributed by atoms with Gasteiger partial charge >= 0.3 is 0 Å². The number of carbonyl (C=O) groups is 1. The zero-order valence-corrected chi connectivity index (χ0v) is 9.76. The highest BCUT2D eigenvalue weighted by Gasteiger charge is 2.12. The van der Waals surface area contributed by atoms with Gasteiger partial charge in [0.25, 0.3) is 0 Å². The summed E-state index contributed by atoms with van der Waals surface area (Å²) in [6, 6.07) is 1.64. The highest BCUT2D eigenvalue weighted by molar-refractivity contribution is 6.69. The third-order valence-corrected chi connectivity index (χ3v) is 2.14. The second-order valence-electron chi connectivity index (χ2n) is 3.04. The van der Waals surface area contributed by atoms with E-state index >= 15 is 0 Å². The maximum absolute atomic E-state index is 10.2. The van der Waals surface area contributed by atoms with Gasteiger partial charge in [0.1, 0.15) is 17.6 Å². The second kappa shape index (κ2) is 5.46. The third-order valence-electron chi connectivity index (χ3n) is 1.95. The first-order valence-electron chi connectivity index (χ1n) is 4.60. The van der Waals surface area contributed by atoms with E-state index in [0.29, 0.717) is 23.5 Å². The van der Waals surface area contributed by atoms with E-state index in [1.54, 1.807) is 20.0 Å². The zero-order valence-electron chi connectivity index (χ0n) is 9.00. The smallest absolute Gasteiger partial charge is 0.215 e. The molecule has 0 aliphatic heterocycles. The molecule has 0 bridgehead atoms. The van der Waals surface area contributed by atoms with Gasteiger partial charge in [-0.2, -0.15) is 4.98 Å². The van der Waals surface area contributed by atoms with Crippen LogP contribution in [-0.4, -0.2) is 30.1 Å². The molecule has 0 amide bonds. The van der Waals surface area contributed by atoms with Crippen LogP contribution >= 0.6 is 11.6 Å². The molecular weight excluding hydrogens is 230 g/mol. The lowest BCUT2D eigenvalue weighted by atomic mass is 10.1. The standard InChI is InChI=1S/C10H12ClN3O2/c1-6-5-7(16-4-3-15)14-10(13-2)8(6)9(11)12/h3,5,12H,4H2,1-2H3,(H,13,14). The SMILES string of the molecule is CNc1nc(OCC=O)cc(C)c1C(=N)Cl. The Morgan fingerprint density at radius 1 is 1.75 bits per heavy atom. The number of anilines is 1. The Morgan fingerprint density at radius 2 is 2.44 bits per heavy atom. The van der Waals surface area contributed by atoms with Gasteiger partial charge < -0.3 is 10.1 Å². The first-order chi connectivity index (χ1) is 7.60. The molecular formula is C10H12ClN3O2. The lowest BCUT2D eigenvalue weighted by Gasteiger charge is -2.11. The number of nitrogens with zero attached hydrogens (tertiary/aromatic N) is 1. The van der Waals surface area contributed by atoms with Gasteiger partial charge in [0.05, 0.1) is 5.56 Å². The average Bonchev–Trinajstić information content (AvgIpc) is 2.24. The Labute approximate surface area is 98.3 Å². The van der Waals surface area contributed by atoms with Crippen LogP contribution < -0.4 is 10.1 Å². The number of aromatic nitrogens is 1. The molecule has 0 aromatic carbocycles. The number of carbonyl (C=O) groups excluding carboxylic acids is 1. The number of pyridine rings is 1. The molecule has 0 atom stereocenters. The van der Waals surface area contributed by atoms with Crippen molar-refractivity contribution in [1.82, 2.24) is 4.98 Å². The van der Waals surface area contributed by atoms with E-state index in [-0.39, 0.29) is 11.8 Å². The number of hydrogen-bond donors (Lipinski definition) is 2. The van der Waals surface area contributed by atoms with Gasteiger partial charge in [0.2, 0.25) is 5.88 Å². The molecule has 2 N–H and O–H groups in total. The number of nitrogens with one attached hydrogen (secondary N) is 2. The van der Waals surface area contributed by atoms with Crippen molar-refractivity contribution in [3.63, 3.8) is 0 Å². The summed E-state index contributed by atoms with van der Waals surface area (Å²) in [4.78, 5) is 14.3. The fourth-order valence-electron chi connectivity index (χ4n) is 1.29. The highest BCUT2D eigenvalue weighted by atomic mass is 35.5. The third kappa shape index (κ3) is 2.70. The molecule has 0 unspecified atom stereocenters. The van der Waals surface area contributed by atoms with Crippen LogP contribution in [0.5, 0.6) is 5.88 Å². The second-order valence-corrected chi connectivity index (χ2v) is 3.42. The molecule has 1 aromatic rings. The van der Waals surface area contributed by atoms with Gasteiger partial charge in [0.15, 0.2) is 6.29 Å². The Bertz CT molecular complexity index is 421. The Hall–Kier alpha value is -1.62. The predicted molar refractivity (Wildman–Crippen MR) is 62.8 cm³/mol. The van der Waals surface area contributed by atoms with E-state index in [1.165, 1.54) is 0 Å². The molecule has 0 radical (unpaired) electrons. The molecule has 0 fully saturated rings. The molecule has 0 saturated heterocycles. The summed E-state index contributed by atoms with van der Waals surface area (Å²) in [6.07, 6.45) is 0.646. The summed E-state index contributed by atoms with van der Waals surface area (Å²) in [6.45, 7) is 1.75. The normalized spacial score (nSPS) is 9.69. The molecule has 16 heavy (non-hydrogen) atoms. The van der Waals surface area contributed by atoms with Crippen molar-refractivity contribution < 1.29 is 9.53 Å². The predicted octanol–water partition coefficient (Wildman–Crippen LogP) is 1.57. The Morgan fingerprint density at radius 3 is 2.94 bits per heavy atom. The first kappa shape index (κ1) is 12.4. The summed E-state index contributed by atoms with van der Waals surface area (Å²) in [7, 11) is 1.68. The average molecular weight is 242 g/mol. The van der Waals surface area contributed by atoms with Gasteiger partial charge in [-0.1, -0.05) is 11.6 Å². The van der Waals surface area contributed by atoms with Crippen LogP contribution in [0, 0.1) is 12.3 Å². The molecule has 6 heteroatoms. The Kier molecular flexibility index (Phi) is 4.25. The number of aryl methyl sites for hydroxylation is 1. The quantitative estimate of drug-likeness (QED) is 0.606.